The smallest absolute Gasteiger partial charge is 0.0607 e. The standard InChI is InChI=1S/C6H15NO3/c1-10-3-2-7-6(4-8)5-9/h6-9H,2-5H2,1H3. The van der Waals surface area contributed by atoms with Crippen LogP contribution in [-0.2, 0) is 4.74 Å². The first-order valence-electron chi connectivity index (χ1n) is 3.29. The van der Waals surface area contributed by atoms with Crippen LogP contribution in [0.4, 0.5) is 0 Å². The lowest BCUT2D eigenvalue weighted by atomic mass is 10.3. The summed E-state index contributed by atoms with van der Waals surface area (Å²) < 4.78 is 4.76. The zero-order valence-corrected chi connectivity index (χ0v) is 6.21. The number of nitrogens with one attached hydrogen (secondary N) is 1. The van der Waals surface area contributed by atoms with Crippen LogP contribution >= 0.6 is 0 Å². The lowest BCUT2D eigenvalue weighted by Crippen LogP contribution is -2.37. The molecule has 0 saturated carbocycles. The first-order chi connectivity index (χ1) is 4.85. The van der Waals surface area contributed by atoms with Crippen LogP contribution in [0.3, 0.4) is 0 Å². The second kappa shape index (κ2) is 6.95. The summed E-state index contributed by atoms with van der Waals surface area (Å²) in [5, 5.41) is 20.0. The van der Waals surface area contributed by atoms with E-state index >= 15 is 0 Å². The van der Waals surface area contributed by atoms with Crippen LogP contribution in [0.2, 0.25) is 0 Å². The van der Waals surface area contributed by atoms with Gasteiger partial charge in [-0.2, -0.15) is 0 Å². The molecule has 4 heteroatoms. The summed E-state index contributed by atoms with van der Waals surface area (Å²) in [6.45, 7) is 1.17. The first-order valence-corrected chi connectivity index (χ1v) is 3.29. The van der Waals surface area contributed by atoms with E-state index < -0.39 is 0 Å². The first kappa shape index (κ1) is 9.84. The van der Waals surface area contributed by atoms with Crippen molar-refractivity contribution in [1.82, 2.24) is 5.32 Å². The quantitative estimate of drug-likeness (QED) is 0.405. The van der Waals surface area contributed by atoms with Gasteiger partial charge in [0.15, 0.2) is 0 Å². The van der Waals surface area contributed by atoms with Gasteiger partial charge in [-0.3, -0.25) is 0 Å². The van der Waals surface area contributed by atoms with Crippen molar-refractivity contribution in [3.63, 3.8) is 0 Å². The van der Waals surface area contributed by atoms with Gasteiger partial charge in [0.25, 0.3) is 0 Å². The van der Waals surface area contributed by atoms with Crippen molar-refractivity contribution in [2.45, 2.75) is 6.04 Å². The Morgan fingerprint density at radius 3 is 2.40 bits per heavy atom. The fraction of sp³-hybridized carbons (Fsp3) is 1.00. The Kier molecular flexibility index (Phi) is 6.84. The highest BCUT2D eigenvalue weighted by atomic mass is 16.5. The highest BCUT2D eigenvalue weighted by molar-refractivity contribution is 4.61. The summed E-state index contributed by atoms with van der Waals surface area (Å²) in [5.74, 6) is 0. The summed E-state index contributed by atoms with van der Waals surface area (Å²) in [6.07, 6.45) is 0. The van der Waals surface area contributed by atoms with Gasteiger partial charge >= 0.3 is 0 Å². The predicted molar refractivity (Wildman–Crippen MR) is 37.8 cm³/mol. The van der Waals surface area contributed by atoms with Crippen LogP contribution in [0.25, 0.3) is 0 Å². The maximum Gasteiger partial charge on any atom is 0.0607 e. The Morgan fingerprint density at radius 2 is 2.00 bits per heavy atom. The van der Waals surface area contributed by atoms with Crippen molar-refractivity contribution in [1.29, 1.82) is 0 Å². The molecule has 62 valence electrons. The molecular weight excluding hydrogens is 134 g/mol. The Balaban J connectivity index is 3.09. The van der Waals surface area contributed by atoms with Crippen molar-refractivity contribution < 1.29 is 14.9 Å². The van der Waals surface area contributed by atoms with Crippen LogP contribution in [0.1, 0.15) is 0 Å². The molecule has 0 spiro atoms. The molecule has 0 unspecified atom stereocenters. The number of aliphatic hydroxyl groups is 2. The molecule has 0 radical (unpaired) electrons. The van der Waals surface area contributed by atoms with E-state index in [0.717, 1.165) is 0 Å². The summed E-state index contributed by atoms with van der Waals surface area (Å²) in [4.78, 5) is 0. The second-order valence-electron chi connectivity index (χ2n) is 2.01. The average Bonchev–Trinajstić information content (AvgIpc) is 1.99. The zero-order chi connectivity index (χ0) is 7.82. The van der Waals surface area contributed by atoms with Crippen molar-refractivity contribution >= 4 is 0 Å². The van der Waals surface area contributed by atoms with Crippen molar-refractivity contribution in [2.24, 2.45) is 0 Å². The molecule has 0 atom stereocenters. The van der Waals surface area contributed by atoms with Gasteiger partial charge in [-0.25, -0.2) is 0 Å². The molecule has 0 aromatic heterocycles. The molecule has 0 saturated heterocycles. The third-order valence-electron chi connectivity index (χ3n) is 1.18. The molecule has 0 fully saturated rings. The number of methoxy groups -OCH3 is 1. The van der Waals surface area contributed by atoms with Gasteiger partial charge in [-0.05, 0) is 0 Å². The normalized spacial score (nSPS) is 10.8. The molecule has 3 N–H and O–H groups in total. The molecule has 0 aromatic rings. The van der Waals surface area contributed by atoms with E-state index in [4.69, 9.17) is 14.9 Å². The lowest BCUT2D eigenvalue weighted by molar-refractivity contribution is 0.152. The van der Waals surface area contributed by atoms with E-state index in [2.05, 4.69) is 5.32 Å². The van der Waals surface area contributed by atoms with Crippen LogP contribution < -0.4 is 5.32 Å². The van der Waals surface area contributed by atoms with Crippen molar-refractivity contribution in [3.05, 3.63) is 0 Å². The van der Waals surface area contributed by atoms with Gasteiger partial charge in [0, 0.05) is 13.7 Å². The third kappa shape index (κ3) is 4.69. The summed E-state index contributed by atoms with van der Waals surface area (Å²) >= 11 is 0. The van der Waals surface area contributed by atoms with Crippen LogP contribution in [0.15, 0.2) is 0 Å². The molecule has 0 amide bonds. The summed E-state index contributed by atoms with van der Waals surface area (Å²) in [5.41, 5.74) is 0. The average molecular weight is 149 g/mol. The number of hydrogen-bond donors (Lipinski definition) is 3. The Bertz CT molecular complexity index is 66.0. The van der Waals surface area contributed by atoms with E-state index in [9.17, 15) is 0 Å². The monoisotopic (exact) mass is 149 g/mol. The van der Waals surface area contributed by atoms with Gasteiger partial charge < -0.3 is 20.3 Å². The minimum Gasteiger partial charge on any atom is -0.395 e. The maximum atomic E-state index is 8.56. The highest BCUT2D eigenvalue weighted by Crippen LogP contribution is 1.77. The van der Waals surface area contributed by atoms with Gasteiger partial charge in [-0.15, -0.1) is 0 Å². The number of rotatable bonds is 6. The lowest BCUT2D eigenvalue weighted by Gasteiger charge is -2.11. The van der Waals surface area contributed by atoms with Gasteiger partial charge in [0.2, 0.25) is 0 Å². The number of hydrogen-bond acceptors (Lipinski definition) is 4. The number of aliphatic hydroxyl groups excluding tert-OH is 2. The largest absolute Gasteiger partial charge is 0.395 e. The van der Waals surface area contributed by atoms with Crippen molar-refractivity contribution in [2.75, 3.05) is 33.5 Å². The van der Waals surface area contributed by atoms with E-state index in [-0.39, 0.29) is 19.3 Å². The fourth-order valence-corrected chi connectivity index (χ4v) is 0.552. The van der Waals surface area contributed by atoms with Crippen LogP contribution in [-0.4, -0.2) is 49.7 Å². The van der Waals surface area contributed by atoms with E-state index in [1.54, 1.807) is 7.11 Å². The fourth-order valence-electron chi connectivity index (χ4n) is 0.552. The molecule has 0 bridgehead atoms. The third-order valence-corrected chi connectivity index (χ3v) is 1.18. The Hall–Kier alpha value is -0.160. The van der Waals surface area contributed by atoms with E-state index in [1.807, 2.05) is 0 Å². The van der Waals surface area contributed by atoms with Gasteiger partial charge in [0.05, 0.1) is 25.9 Å². The maximum absolute atomic E-state index is 8.56. The number of ether oxygens (including phenoxy) is 1. The zero-order valence-electron chi connectivity index (χ0n) is 6.21. The molecule has 4 nitrogen and oxygen atoms in total. The molecule has 0 aliphatic heterocycles. The molecule has 0 heterocycles. The summed E-state index contributed by atoms with van der Waals surface area (Å²) in [6, 6.07) is -0.213. The Morgan fingerprint density at radius 1 is 1.40 bits per heavy atom. The van der Waals surface area contributed by atoms with Crippen LogP contribution in [0.5, 0.6) is 0 Å². The minimum absolute atomic E-state index is 0.0415. The SMILES string of the molecule is COCCNC(CO)CO. The van der Waals surface area contributed by atoms with Gasteiger partial charge in [-0.1, -0.05) is 0 Å². The second-order valence-corrected chi connectivity index (χ2v) is 2.01. The summed E-state index contributed by atoms with van der Waals surface area (Å²) in [7, 11) is 1.61. The molecular formula is C6H15NO3. The van der Waals surface area contributed by atoms with Crippen LogP contribution in [0, 0.1) is 0 Å². The molecule has 0 aromatic carbocycles. The van der Waals surface area contributed by atoms with Crippen molar-refractivity contribution in [3.8, 4) is 0 Å². The molecule has 0 rings (SSSR count). The molecule has 0 aliphatic rings. The predicted octanol–water partition coefficient (Wildman–Crippen LogP) is -1.42. The highest BCUT2D eigenvalue weighted by Gasteiger charge is 2.01. The Labute approximate surface area is 60.8 Å². The minimum atomic E-state index is -0.213. The van der Waals surface area contributed by atoms with E-state index in [1.165, 1.54) is 0 Å². The molecule has 10 heavy (non-hydrogen) atoms. The topological polar surface area (TPSA) is 61.7 Å². The van der Waals surface area contributed by atoms with Gasteiger partial charge in [0.1, 0.15) is 0 Å². The molecule has 0 aliphatic carbocycles. The van der Waals surface area contributed by atoms with E-state index in [0.29, 0.717) is 13.2 Å².